The van der Waals surface area contributed by atoms with Crippen LogP contribution in [0.3, 0.4) is 0 Å². The first-order valence-corrected chi connectivity index (χ1v) is 7.18. The first-order chi connectivity index (χ1) is 8.12. The molecule has 2 N–H and O–H groups in total. The van der Waals surface area contributed by atoms with Crippen molar-refractivity contribution in [2.45, 2.75) is 70.4 Å². The van der Waals surface area contributed by atoms with E-state index >= 15 is 0 Å². The van der Waals surface area contributed by atoms with Crippen molar-refractivity contribution >= 4 is 5.91 Å². The molecule has 1 aliphatic heterocycles. The predicted octanol–water partition coefficient (Wildman–Crippen LogP) is 2.21. The Morgan fingerprint density at radius 3 is 2.59 bits per heavy atom. The largest absolute Gasteiger partial charge is 0.352 e. The molecule has 3 nitrogen and oxygen atoms in total. The quantitative estimate of drug-likeness (QED) is 0.791. The van der Waals surface area contributed by atoms with Crippen LogP contribution in [0, 0.1) is 5.92 Å². The lowest BCUT2D eigenvalue weighted by Gasteiger charge is -2.35. The molecule has 0 radical (unpaired) electrons. The van der Waals surface area contributed by atoms with Gasteiger partial charge in [0, 0.05) is 6.04 Å². The number of hydrogen-bond acceptors (Lipinski definition) is 2. The summed E-state index contributed by atoms with van der Waals surface area (Å²) in [6, 6.07) is 0.338. The van der Waals surface area contributed by atoms with Crippen LogP contribution in [0.4, 0.5) is 0 Å². The zero-order chi connectivity index (χ0) is 12.3. The van der Waals surface area contributed by atoms with Crippen molar-refractivity contribution in [3.05, 3.63) is 0 Å². The lowest BCUT2D eigenvalue weighted by molar-refractivity contribution is -0.128. The van der Waals surface area contributed by atoms with Crippen LogP contribution in [0.5, 0.6) is 0 Å². The Labute approximate surface area is 105 Å². The molecule has 98 valence electrons. The maximum atomic E-state index is 12.3. The van der Waals surface area contributed by atoms with E-state index in [0.717, 1.165) is 19.4 Å². The minimum Gasteiger partial charge on any atom is -0.352 e. The Bertz CT molecular complexity index is 265. The molecule has 2 aliphatic rings. The summed E-state index contributed by atoms with van der Waals surface area (Å²) in [7, 11) is 0. The highest BCUT2D eigenvalue weighted by Gasteiger charge is 2.35. The number of carbonyl (C=O) groups excluding carboxylic acids is 1. The molecule has 1 heterocycles. The van der Waals surface area contributed by atoms with Crippen molar-refractivity contribution in [2.24, 2.45) is 5.92 Å². The van der Waals surface area contributed by atoms with Gasteiger partial charge in [0.2, 0.25) is 5.91 Å². The zero-order valence-corrected chi connectivity index (χ0v) is 11.2. The third-order valence-corrected chi connectivity index (χ3v) is 4.59. The van der Waals surface area contributed by atoms with Gasteiger partial charge in [-0.3, -0.25) is 4.79 Å². The summed E-state index contributed by atoms with van der Waals surface area (Å²) in [6.07, 6.45) is 8.56. The topological polar surface area (TPSA) is 41.1 Å². The van der Waals surface area contributed by atoms with E-state index in [0.29, 0.717) is 12.0 Å². The predicted molar refractivity (Wildman–Crippen MR) is 69.8 cm³/mol. The molecule has 2 rings (SSSR count). The Morgan fingerprint density at radius 2 is 2.00 bits per heavy atom. The van der Waals surface area contributed by atoms with Crippen molar-refractivity contribution in [1.82, 2.24) is 10.6 Å². The zero-order valence-electron chi connectivity index (χ0n) is 11.2. The van der Waals surface area contributed by atoms with Crippen LogP contribution in [-0.4, -0.2) is 24.0 Å². The molecule has 0 aromatic carbocycles. The van der Waals surface area contributed by atoms with E-state index in [4.69, 9.17) is 0 Å². The SMILES string of the molecule is C[C@@H](NC(=O)C1(C)CCCCN1)C1CCCC1. The molecular weight excluding hydrogens is 212 g/mol. The van der Waals surface area contributed by atoms with Gasteiger partial charge in [-0.2, -0.15) is 0 Å². The standard InChI is InChI=1S/C14H26N2O/c1-11(12-7-3-4-8-12)16-13(17)14(2)9-5-6-10-15-14/h11-12,15H,3-10H2,1-2H3,(H,16,17)/t11-,14?/m1/s1. The molecule has 1 aliphatic carbocycles. The lowest BCUT2D eigenvalue weighted by Crippen LogP contribution is -2.58. The number of rotatable bonds is 3. The molecule has 0 bridgehead atoms. The molecule has 17 heavy (non-hydrogen) atoms. The highest BCUT2D eigenvalue weighted by Crippen LogP contribution is 2.28. The molecule has 1 saturated carbocycles. The minimum absolute atomic E-state index is 0.205. The van der Waals surface area contributed by atoms with Crippen molar-refractivity contribution < 1.29 is 4.79 Å². The number of amides is 1. The van der Waals surface area contributed by atoms with Crippen LogP contribution >= 0.6 is 0 Å². The van der Waals surface area contributed by atoms with Crippen LogP contribution in [0.2, 0.25) is 0 Å². The smallest absolute Gasteiger partial charge is 0.240 e. The maximum Gasteiger partial charge on any atom is 0.240 e. The van der Waals surface area contributed by atoms with Gasteiger partial charge in [0.25, 0.3) is 0 Å². The number of hydrogen-bond donors (Lipinski definition) is 2. The van der Waals surface area contributed by atoms with Gasteiger partial charge in [0.1, 0.15) is 0 Å². The Kier molecular flexibility index (Phi) is 4.08. The first-order valence-electron chi connectivity index (χ1n) is 7.18. The normalized spacial score (nSPS) is 32.4. The van der Waals surface area contributed by atoms with Crippen LogP contribution in [0.15, 0.2) is 0 Å². The average molecular weight is 238 g/mol. The van der Waals surface area contributed by atoms with Crippen molar-refractivity contribution in [2.75, 3.05) is 6.54 Å². The lowest BCUT2D eigenvalue weighted by atomic mass is 9.89. The molecule has 2 fully saturated rings. The van der Waals surface area contributed by atoms with E-state index in [1.165, 1.54) is 32.1 Å². The van der Waals surface area contributed by atoms with E-state index in [1.54, 1.807) is 0 Å². The summed E-state index contributed by atoms with van der Waals surface area (Å²) in [4.78, 5) is 12.3. The van der Waals surface area contributed by atoms with Crippen LogP contribution in [-0.2, 0) is 4.79 Å². The van der Waals surface area contributed by atoms with E-state index in [-0.39, 0.29) is 11.4 Å². The van der Waals surface area contributed by atoms with Gasteiger partial charge >= 0.3 is 0 Å². The highest BCUT2D eigenvalue weighted by atomic mass is 16.2. The van der Waals surface area contributed by atoms with E-state index in [9.17, 15) is 4.79 Å². The number of piperidine rings is 1. The molecule has 3 heteroatoms. The number of carbonyl (C=O) groups is 1. The summed E-state index contributed by atoms with van der Waals surface area (Å²) in [5.41, 5.74) is -0.328. The Balaban J connectivity index is 1.86. The van der Waals surface area contributed by atoms with E-state index in [2.05, 4.69) is 17.6 Å². The summed E-state index contributed by atoms with van der Waals surface area (Å²) >= 11 is 0. The molecule has 1 unspecified atom stereocenters. The molecule has 0 aromatic rings. The fourth-order valence-corrected chi connectivity index (χ4v) is 3.19. The van der Waals surface area contributed by atoms with Crippen LogP contribution in [0.25, 0.3) is 0 Å². The van der Waals surface area contributed by atoms with Gasteiger partial charge in [-0.1, -0.05) is 12.8 Å². The van der Waals surface area contributed by atoms with E-state index < -0.39 is 0 Å². The summed E-state index contributed by atoms with van der Waals surface area (Å²) < 4.78 is 0. The minimum atomic E-state index is -0.328. The van der Waals surface area contributed by atoms with Crippen LogP contribution < -0.4 is 10.6 Å². The van der Waals surface area contributed by atoms with E-state index in [1.807, 2.05) is 6.92 Å². The fraction of sp³-hybridized carbons (Fsp3) is 0.929. The molecule has 0 aromatic heterocycles. The van der Waals surface area contributed by atoms with Crippen molar-refractivity contribution in [3.8, 4) is 0 Å². The van der Waals surface area contributed by atoms with Crippen LogP contribution in [0.1, 0.15) is 58.8 Å². The first kappa shape index (κ1) is 12.9. The molecule has 0 spiro atoms. The molecule has 2 atom stereocenters. The fourth-order valence-electron chi connectivity index (χ4n) is 3.19. The molecule has 1 amide bonds. The summed E-state index contributed by atoms with van der Waals surface area (Å²) in [5.74, 6) is 0.905. The van der Waals surface area contributed by atoms with Gasteiger partial charge in [0.15, 0.2) is 0 Å². The molecular formula is C14H26N2O. The second-order valence-corrected chi connectivity index (χ2v) is 6.02. The monoisotopic (exact) mass is 238 g/mol. The second-order valence-electron chi connectivity index (χ2n) is 6.02. The second kappa shape index (κ2) is 5.38. The maximum absolute atomic E-state index is 12.3. The Hall–Kier alpha value is -0.570. The third kappa shape index (κ3) is 3.01. The molecule has 1 saturated heterocycles. The van der Waals surface area contributed by atoms with Gasteiger partial charge < -0.3 is 10.6 Å². The van der Waals surface area contributed by atoms with Gasteiger partial charge in [-0.15, -0.1) is 0 Å². The summed E-state index contributed by atoms with van der Waals surface area (Å²) in [5, 5.41) is 6.61. The average Bonchev–Trinajstić information content (AvgIpc) is 2.83. The highest BCUT2D eigenvalue weighted by molar-refractivity contribution is 5.86. The number of nitrogens with one attached hydrogen (secondary N) is 2. The van der Waals surface area contributed by atoms with Crippen molar-refractivity contribution in [1.29, 1.82) is 0 Å². The Morgan fingerprint density at radius 1 is 1.29 bits per heavy atom. The summed E-state index contributed by atoms with van der Waals surface area (Å²) in [6.45, 7) is 5.19. The van der Waals surface area contributed by atoms with Crippen molar-refractivity contribution in [3.63, 3.8) is 0 Å². The van der Waals surface area contributed by atoms with Gasteiger partial charge in [-0.25, -0.2) is 0 Å². The third-order valence-electron chi connectivity index (χ3n) is 4.59. The van der Waals surface area contributed by atoms with Gasteiger partial charge in [0.05, 0.1) is 5.54 Å². The van der Waals surface area contributed by atoms with Gasteiger partial charge in [-0.05, 0) is 58.4 Å².